The molecule has 0 amide bonds. The summed E-state index contributed by atoms with van der Waals surface area (Å²) < 4.78 is 12.8. The van der Waals surface area contributed by atoms with Gasteiger partial charge in [0.05, 0.1) is 0 Å². The van der Waals surface area contributed by atoms with E-state index < -0.39 is 5.82 Å². The SMILES string of the molecule is N/C=N\N=C(/N)c1cc(O)cc(F)c1. The van der Waals surface area contributed by atoms with Crippen LogP contribution in [0.2, 0.25) is 0 Å². The van der Waals surface area contributed by atoms with Gasteiger partial charge in [-0.15, -0.1) is 10.2 Å². The number of rotatable bonds is 2. The molecule has 0 saturated heterocycles. The Morgan fingerprint density at radius 2 is 2.14 bits per heavy atom. The summed E-state index contributed by atoms with van der Waals surface area (Å²) in [5.41, 5.74) is 10.6. The van der Waals surface area contributed by atoms with E-state index in [2.05, 4.69) is 10.2 Å². The van der Waals surface area contributed by atoms with Gasteiger partial charge in [0.25, 0.3) is 0 Å². The van der Waals surface area contributed by atoms with Gasteiger partial charge in [-0.25, -0.2) is 4.39 Å². The van der Waals surface area contributed by atoms with Crippen LogP contribution in [0, 0.1) is 5.82 Å². The molecule has 5 nitrogen and oxygen atoms in total. The molecule has 5 N–H and O–H groups in total. The van der Waals surface area contributed by atoms with Gasteiger partial charge < -0.3 is 16.6 Å². The fourth-order valence-corrected chi connectivity index (χ4v) is 0.875. The number of hydrogen-bond acceptors (Lipinski definition) is 3. The second kappa shape index (κ2) is 4.22. The maximum atomic E-state index is 12.8. The molecule has 6 heteroatoms. The molecule has 1 rings (SSSR count). The van der Waals surface area contributed by atoms with Crippen molar-refractivity contribution < 1.29 is 9.50 Å². The van der Waals surface area contributed by atoms with Gasteiger partial charge in [-0.3, -0.25) is 0 Å². The second-order valence-corrected chi connectivity index (χ2v) is 2.45. The van der Waals surface area contributed by atoms with Crippen molar-refractivity contribution in [2.75, 3.05) is 0 Å². The third-order valence-corrected chi connectivity index (χ3v) is 1.41. The number of halogens is 1. The van der Waals surface area contributed by atoms with E-state index in [9.17, 15) is 4.39 Å². The molecule has 0 aliphatic carbocycles. The molecule has 1 aromatic rings. The largest absolute Gasteiger partial charge is 0.508 e. The number of nitrogens with zero attached hydrogens (tertiary/aromatic N) is 2. The molecule has 0 radical (unpaired) electrons. The summed E-state index contributed by atoms with van der Waals surface area (Å²) in [6.45, 7) is 0. The zero-order valence-electron chi connectivity index (χ0n) is 7.18. The Kier molecular flexibility index (Phi) is 3.01. The van der Waals surface area contributed by atoms with Gasteiger partial charge in [-0.2, -0.15) is 0 Å². The molecular formula is C8H9FN4O. The van der Waals surface area contributed by atoms with E-state index >= 15 is 0 Å². The first kappa shape index (κ1) is 9.97. The summed E-state index contributed by atoms with van der Waals surface area (Å²) in [7, 11) is 0. The first-order chi connectivity index (χ1) is 6.63. The van der Waals surface area contributed by atoms with E-state index in [1.807, 2.05) is 0 Å². The molecule has 0 aliphatic heterocycles. The van der Waals surface area contributed by atoms with Crippen molar-refractivity contribution in [1.29, 1.82) is 0 Å². The molecule has 0 heterocycles. The van der Waals surface area contributed by atoms with E-state index in [0.717, 1.165) is 18.5 Å². The average molecular weight is 196 g/mol. The van der Waals surface area contributed by atoms with Crippen LogP contribution in [0.3, 0.4) is 0 Å². The molecule has 0 aliphatic rings. The van der Waals surface area contributed by atoms with E-state index in [-0.39, 0.29) is 17.1 Å². The van der Waals surface area contributed by atoms with Crippen LogP contribution in [0.1, 0.15) is 5.56 Å². The van der Waals surface area contributed by atoms with Crippen molar-refractivity contribution in [2.45, 2.75) is 0 Å². The van der Waals surface area contributed by atoms with Gasteiger partial charge in [0.1, 0.15) is 17.9 Å². The molecule has 0 fully saturated rings. The van der Waals surface area contributed by atoms with Crippen molar-refractivity contribution in [3.63, 3.8) is 0 Å². The van der Waals surface area contributed by atoms with Gasteiger partial charge in [0.2, 0.25) is 0 Å². The molecule has 1 aromatic carbocycles. The molecule has 0 spiro atoms. The second-order valence-electron chi connectivity index (χ2n) is 2.45. The molecule has 74 valence electrons. The van der Waals surface area contributed by atoms with Gasteiger partial charge in [0.15, 0.2) is 5.84 Å². The van der Waals surface area contributed by atoms with Crippen LogP contribution >= 0.6 is 0 Å². The fraction of sp³-hybridized carbons (Fsp3) is 0. The highest BCUT2D eigenvalue weighted by Crippen LogP contribution is 2.14. The average Bonchev–Trinajstić information content (AvgIpc) is 2.12. The topological polar surface area (TPSA) is 97.0 Å². The lowest BCUT2D eigenvalue weighted by Crippen LogP contribution is -2.13. The van der Waals surface area contributed by atoms with Crippen molar-refractivity contribution in [3.05, 3.63) is 29.6 Å². The highest BCUT2D eigenvalue weighted by atomic mass is 19.1. The molecule has 0 atom stereocenters. The minimum atomic E-state index is -0.602. The number of benzene rings is 1. The van der Waals surface area contributed by atoms with Gasteiger partial charge >= 0.3 is 0 Å². The van der Waals surface area contributed by atoms with Crippen LogP contribution in [-0.2, 0) is 0 Å². The van der Waals surface area contributed by atoms with Crippen molar-refractivity contribution >= 4 is 12.2 Å². The highest BCUT2D eigenvalue weighted by Gasteiger charge is 2.02. The predicted octanol–water partition coefficient (Wildman–Crippen LogP) is 0.139. The smallest absolute Gasteiger partial charge is 0.153 e. The summed E-state index contributed by atoms with van der Waals surface area (Å²) in [4.78, 5) is 0. The summed E-state index contributed by atoms with van der Waals surface area (Å²) in [6, 6.07) is 3.36. The van der Waals surface area contributed by atoms with E-state index in [4.69, 9.17) is 16.6 Å². The lowest BCUT2D eigenvalue weighted by atomic mass is 10.2. The minimum Gasteiger partial charge on any atom is -0.508 e. The number of aromatic hydroxyl groups is 1. The molecular weight excluding hydrogens is 187 g/mol. The maximum absolute atomic E-state index is 12.8. The van der Waals surface area contributed by atoms with Crippen LogP contribution < -0.4 is 11.5 Å². The summed E-state index contributed by atoms with van der Waals surface area (Å²) in [6.07, 6.45) is 0.950. The minimum absolute atomic E-state index is 0.0264. The zero-order valence-corrected chi connectivity index (χ0v) is 7.18. The fourth-order valence-electron chi connectivity index (χ4n) is 0.875. The first-order valence-corrected chi connectivity index (χ1v) is 3.70. The van der Waals surface area contributed by atoms with Crippen LogP contribution in [0.5, 0.6) is 5.75 Å². The van der Waals surface area contributed by atoms with Crippen molar-refractivity contribution in [1.82, 2.24) is 0 Å². The molecule has 0 bridgehead atoms. The van der Waals surface area contributed by atoms with E-state index in [0.29, 0.717) is 0 Å². The number of amidine groups is 1. The first-order valence-electron chi connectivity index (χ1n) is 3.70. The molecule has 0 saturated carbocycles. The third-order valence-electron chi connectivity index (χ3n) is 1.41. The molecule has 14 heavy (non-hydrogen) atoms. The monoisotopic (exact) mass is 196 g/mol. The van der Waals surface area contributed by atoms with Gasteiger partial charge in [-0.05, 0) is 12.1 Å². The normalized spacial score (nSPS) is 12.2. The van der Waals surface area contributed by atoms with Crippen LogP contribution in [0.25, 0.3) is 0 Å². The summed E-state index contributed by atoms with van der Waals surface area (Å²) in [5, 5.41) is 15.8. The Morgan fingerprint density at radius 3 is 2.71 bits per heavy atom. The Morgan fingerprint density at radius 1 is 1.43 bits per heavy atom. The quantitative estimate of drug-likeness (QED) is 0.356. The lowest BCUT2D eigenvalue weighted by Gasteiger charge is -1.99. The maximum Gasteiger partial charge on any atom is 0.153 e. The molecule has 0 aromatic heterocycles. The van der Waals surface area contributed by atoms with Crippen LogP contribution in [0.4, 0.5) is 4.39 Å². The number of hydrogen-bond donors (Lipinski definition) is 3. The van der Waals surface area contributed by atoms with Gasteiger partial charge in [-0.1, -0.05) is 0 Å². The third kappa shape index (κ3) is 2.44. The number of nitrogens with two attached hydrogens (primary N) is 2. The van der Waals surface area contributed by atoms with Crippen LogP contribution in [0.15, 0.2) is 28.4 Å². The van der Waals surface area contributed by atoms with Crippen molar-refractivity contribution in [2.24, 2.45) is 21.7 Å². The summed E-state index contributed by atoms with van der Waals surface area (Å²) in [5.74, 6) is -0.855. The Hall–Kier alpha value is -2.11. The Labute approximate surface area is 79.6 Å². The highest BCUT2D eigenvalue weighted by molar-refractivity contribution is 5.97. The van der Waals surface area contributed by atoms with E-state index in [1.165, 1.54) is 6.07 Å². The Bertz CT molecular complexity index is 369. The van der Waals surface area contributed by atoms with E-state index in [1.54, 1.807) is 0 Å². The van der Waals surface area contributed by atoms with Crippen LogP contribution in [-0.4, -0.2) is 17.3 Å². The lowest BCUT2D eigenvalue weighted by molar-refractivity contribution is 0.469. The number of phenolic OH excluding ortho intramolecular Hbond substituents is 1. The standard InChI is InChI=1S/C8H9FN4O/c9-6-1-5(2-7(14)3-6)8(11)13-12-4-10/h1-4,14H,(H2,10,12)(H2,11,13). The van der Waals surface area contributed by atoms with Gasteiger partial charge in [0, 0.05) is 11.6 Å². The predicted molar refractivity (Wildman–Crippen MR) is 51.5 cm³/mol. The van der Waals surface area contributed by atoms with Crippen molar-refractivity contribution in [3.8, 4) is 5.75 Å². The Balaban J connectivity index is 3.06. The zero-order chi connectivity index (χ0) is 10.6. The number of phenols is 1. The summed E-state index contributed by atoms with van der Waals surface area (Å²) >= 11 is 0. The molecule has 0 unspecified atom stereocenters.